The number of rotatable bonds is 7. The molecule has 0 radical (unpaired) electrons. The number of nitrogens with one attached hydrogen (secondary N) is 2. The van der Waals surface area contributed by atoms with E-state index in [0.717, 1.165) is 22.5 Å². The van der Waals surface area contributed by atoms with Gasteiger partial charge in [-0.15, -0.1) is 11.3 Å². The minimum Gasteiger partial charge on any atom is -0.325 e. The summed E-state index contributed by atoms with van der Waals surface area (Å²) < 4.78 is 28.0. The second-order valence-corrected chi connectivity index (χ2v) is 9.04. The van der Waals surface area contributed by atoms with Crippen LogP contribution < -0.4 is 10.0 Å². The summed E-state index contributed by atoms with van der Waals surface area (Å²) in [4.78, 5) is 12.8. The Morgan fingerprint density at radius 3 is 2.33 bits per heavy atom. The van der Waals surface area contributed by atoms with Crippen molar-refractivity contribution >= 4 is 33.0 Å². The van der Waals surface area contributed by atoms with E-state index >= 15 is 0 Å². The van der Waals surface area contributed by atoms with Gasteiger partial charge in [-0.25, -0.2) is 8.42 Å². The molecule has 0 spiro atoms. The molecule has 0 saturated carbocycles. The summed E-state index contributed by atoms with van der Waals surface area (Å²) in [5.74, 6) is -0.400. The standard InChI is InChI=1S/C20H20N2O3S2/c1-15-9-11-17(12-10-15)21-20(23)18(14-16-6-3-2-4-7-16)22-27(24,25)19-8-5-13-26-19/h2-13,18,22H,14H2,1H3,(H,21,23)/t18-/m0/s1. The molecule has 27 heavy (non-hydrogen) atoms. The Kier molecular flexibility index (Phi) is 6.05. The smallest absolute Gasteiger partial charge is 0.250 e. The van der Waals surface area contributed by atoms with Crippen molar-refractivity contribution in [3.63, 3.8) is 0 Å². The molecule has 0 fully saturated rings. The topological polar surface area (TPSA) is 75.3 Å². The Morgan fingerprint density at radius 1 is 1.00 bits per heavy atom. The highest BCUT2D eigenvalue weighted by Crippen LogP contribution is 2.17. The monoisotopic (exact) mass is 400 g/mol. The molecule has 2 N–H and O–H groups in total. The number of carbonyl (C=O) groups excluding carboxylic acids is 1. The van der Waals surface area contributed by atoms with E-state index in [-0.39, 0.29) is 10.6 Å². The lowest BCUT2D eigenvalue weighted by atomic mass is 10.1. The molecule has 3 aromatic rings. The van der Waals surface area contributed by atoms with Crippen LogP contribution in [-0.2, 0) is 21.2 Å². The number of hydrogen-bond donors (Lipinski definition) is 2. The number of anilines is 1. The van der Waals surface area contributed by atoms with E-state index in [1.807, 2.05) is 49.4 Å². The number of carbonyl (C=O) groups is 1. The van der Waals surface area contributed by atoms with Crippen LogP contribution in [0.5, 0.6) is 0 Å². The first-order valence-corrected chi connectivity index (χ1v) is 10.8. The Morgan fingerprint density at radius 2 is 1.70 bits per heavy atom. The van der Waals surface area contributed by atoms with Gasteiger partial charge in [0, 0.05) is 5.69 Å². The first kappa shape index (κ1) is 19.3. The molecule has 1 amide bonds. The SMILES string of the molecule is Cc1ccc(NC(=O)[C@H](Cc2ccccc2)NS(=O)(=O)c2cccs2)cc1. The van der Waals surface area contributed by atoms with Crippen molar-refractivity contribution in [1.82, 2.24) is 4.72 Å². The Bertz CT molecular complexity index is 983. The van der Waals surface area contributed by atoms with E-state index in [1.54, 1.807) is 23.6 Å². The van der Waals surface area contributed by atoms with E-state index in [4.69, 9.17) is 0 Å². The summed E-state index contributed by atoms with van der Waals surface area (Å²) in [7, 11) is -3.77. The van der Waals surface area contributed by atoms with Gasteiger partial charge in [0.1, 0.15) is 10.3 Å². The van der Waals surface area contributed by atoms with Crippen LogP contribution in [0.4, 0.5) is 5.69 Å². The zero-order valence-electron chi connectivity index (χ0n) is 14.8. The molecule has 3 rings (SSSR count). The van der Waals surface area contributed by atoms with Crippen molar-refractivity contribution < 1.29 is 13.2 Å². The maximum absolute atomic E-state index is 12.8. The quantitative estimate of drug-likeness (QED) is 0.636. The largest absolute Gasteiger partial charge is 0.325 e. The van der Waals surface area contributed by atoms with Crippen molar-refractivity contribution in [2.75, 3.05) is 5.32 Å². The first-order chi connectivity index (χ1) is 12.9. The van der Waals surface area contributed by atoms with E-state index in [1.165, 1.54) is 6.07 Å². The molecular weight excluding hydrogens is 380 g/mol. The normalized spacial score (nSPS) is 12.5. The third kappa shape index (κ3) is 5.26. The molecule has 140 valence electrons. The van der Waals surface area contributed by atoms with Gasteiger partial charge in [-0.2, -0.15) is 4.72 Å². The summed E-state index contributed by atoms with van der Waals surface area (Å²) in [5.41, 5.74) is 2.57. The number of amides is 1. The van der Waals surface area contributed by atoms with Gasteiger partial charge in [0.05, 0.1) is 0 Å². The van der Waals surface area contributed by atoms with Gasteiger partial charge in [-0.3, -0.25) is 4.79 Å². The maximum atomic E-state index is 12.8. The van der Waals surface area contributed by atoms with E-state index < -0.39 is 22.0 Å². The van der Waals surface area contributed by atoms with Crippen LogP contribution in [0.25, 0.3) is 0 Å². The Balaban J connectivity index is 1.82. The van der Waals surface area contributed by atoms with Gasteiger partial charge in [-0.05, 0) is 42.5 Å². The molecule has 0 aliphatic rings. The van der Waals surface area contributed by atoms with E-state index in [0.29, 0.717) is 5.69 Å². The number of benzene rings is 2. The molecule has 0 saturated heterocycles. The fourth-order valence-corrected chi connectivity index (χ4v) is 4.77. The second kappa shape index (κ2) is 8.47. The van der Waals surface area contributed by atoms with Crippen LogP contribution in [0.1, 0.15) is 11.1 Å². The zero-order chi connectivity index (χ0) is 19.3. The predicted octanol–water partition coefficient (Wildman–Crippen LogP) is 3.58. The van der Waals surface area contributed by atoms with Gasteiger partial charge in [0.2, 0.25) is 5.91 Å². The molecule has 1 aromatic heterocycles. The molecule has 1 heterocycles. The maximum Gasteiger partial charge on any atom is 0.250 e. The molecule has 5 nitrogen and oxygen atoms in total. The number of thiophene rings is 1. The van der Waals surface area contributed by atoms with Crippen molar-refractivity contribution in [2.45, 2.75) is 23.6 Å². The lowest BCUT2D eigenvalue weighted by Gasteiger charge is -2.18. The molecule has 2 aromatic carbocycles. The third-order valence-corrected chi connectivity index (χ3v) is 6.84. The summed E-state index contributed by atoms with van der Waals surface area (Å²) in [6, 6.07) is 18.9. The lowest BCUT2D eigenvalue weighted by Crippen LogP contribution is -2.45. The van der Waals surface area contributed by atoms with E-state index in [2.05, 4.69) is 10.0 Å². The number of aryl methyl sites for hydroxylation is 1. The van der Waals surface area contributed by atoms with Crippen LogP contribution in [0.15, 0.2) is 76.3 Å². The van der Waals surface area contributed by atoms with Gasteiger partial charge in [0.15, 0.2) is 0 Å². The van der Waals surface area contributed by atoms with Crippen molar-refractivity contribution in [3.05, 3.63) is 83.2 Å². The van der Waals surface area contributed by atoms with Crippen molar-refractivity contribution in [3.8, 4) is 0 Å². The minimum atomic E-state index is -3.77. The number of sulfonamides is 1. The first-order valence-electron chi connectivity index (χ1n) is 8.41. The van der Waals surface area contributed by atoms with Crippen LogP contribution >= 0.6 is 11.3 Å². The number of hydrogen-bond acceptors (Lipinski definition) is 4. The van der Waals surface area contributed by atoms with Gasteiger partial charge in [-0.1, -0.05) is 54.1 Å². The summed E-state index contributed by atoms with van der Waals surface area (Å²) in [6.45, 7) is 1.96. The summed E-state index contributed by atoms with van der Waals surface area (Å²) in [6.07, 6.45) is 0.253. The highest BCUT2D eigenvalue weighted by Gasteiger charge is 2.26. The van der Waals surface area contributed by atoms with Crippen LogP contribution in [-0.4, -0.2) is 20.4 Å². The van der Waals surface area contributed by atoms with Crippen molar-refractivity contribution in [1.29, 1.82) is 0 Å². The average Bonchev–Trinajstić information content (AvgIpc) is 3.19. The zero-order valence-corrected chi connectivity index (χ0v) is 16.4. The Labute approximate surface area is 163 Å². The lowest BCUT2D eigenvalue weighted by molar-refractivity contribution is -0.117. The van der Waals surface area contributed by atoms with Crippen LogP contribution in [0.2, 0.25) is 0 Å². The predicted molar refractivity (Wildman–Crippen MR) is 108 cm³/mol. The molecule has 0 aliphatic heterocycles. The molecule has 0 unspecified atom stereocenters. The van der Waals surface area contributed by atoms with E-state index in [9.17, 15) is 13.2 Å². The van der Waals surface area contributed by atoms with Gasteiger partial charge >= 0.3 is 0 Å². The van der Waals surface area contributed by atoms with Gasteiger partial charge in [0.25, 0.3) is 10.0 Å². The summed E-state index contributed by atoms with van der Waals surface area (Å²) in [5, 5.41) is 4.48. The molecule has 0 aliphatic carbocycles. The van der Waals surface area contributed by atoms with Gasteiger partial charge < -0.3 is 5.32 Å². The highest BCUT2D eigenvalue weighted by atomic mass is 32.2. The fraction of sp³-hybridized carbons (Fsp3) is 0.150. The second-order valence-electron chi connectivity index (χ2n) is 6.15. The molecular formula is C20H20N2O3S2. The fourth-order valence-electron chi connectivity index (χ4n) is 2.57. The third-order valence-electron chi connectivity index (χ3n) is 3.98. The average molecular weight is 401 g/mol. The molecule has 0 bridgehead atoms. The van der Waals surface area contributed by atoms with Crippen LogP contribution in [0, 0.1) is 6.92 Å². The minimum absolute atomic E-state index is 0.184. The Hall–Kier alpha value is -2.48. The van der Waals surface area contributed by atoms with Crippen LogP contribution in [0.3, 0.4) is 0 Å². The molecule has 7 heteroatoms. The summed E-state index contributed by atoms with van der Waals surface area (Å²) >= 11 is 1.11. The molecule has 1 atom stereocenters. The highest BCUT2D eigenvalue weighted by molar-refractivity contribution is 7.91. The van der Waals surface area contributed by atoms with Crippen molar-refractivity contribution in [2.24, 2.45) is 0 Å².